The maximum Gasteiger partial charge on any atom is 0.346 e. The van der Waals surface area contributed by atoms with Crippen molar-refractivity contribution in [3.63, 3.8) is 0 Å². The molecule has 0 bridgehead atoms. The minimum absolute atomic E-state index is 0.440. The van der Waals surface area contributed by atoms with Crippen LogP contribution in [0.3, 0.4) is 0 Å². The molecule has 0 aliphatic rings. The van der Waals surface area contributed by atoms with Crippen molar-refractivity contribution in [2.24, 2.45) is 0 Å². The van der Waals surface area contributed by atoms with E-state index in [1.807, 2.05) is 6.07 Å². The summed E-state index contributed by atoms with van der Waals surface area (Å²) in [4.78, 5) is 20.6. The number of aromatic nitrogens is 3. The summed E-state index contributed by atoms with van der Waals surface area (Å²) in [6, 6.07) is 3.57. The zero-order chi connectivity index (χ0) is 9.26. The number of aromatic amines is 1. The highest BCUT2D eigenvalue weighted by Gasteiger charge is 1.97. The second kappa shape index (κ2) is 2.68. The molecule has 0 aliphatic heterocycles. The molecule has 0 atom stereocenters. The molecule has 0 aliphatic carbocycles. The predicted molar refractivity (Wildman–Crippen MR) is 44.9 cm³/mol. The molecule has 5 nitrogen and oxygen atoms in total. The van der Waals surface area contributed by atoms with Gasteiger partial charge in [0.1, 0.15) is 11.7 Å². The van der Waals surface area contributed by atoms with E-state index in [-0.39, 0.29) is 0 Å². The van der Waals surface area contributed by atoms with Crippen LogP contribution in [0.15, 0.2) is 23.3 Å². The lowest BCUT2D eigenvalue weighted by Crippen LogP contribution is -2.09. The summed E-state index contributed by atoms with van der Waals surface area (Å²) < 4.78 is 0. The fourth-order valence-corrected chi connectivity index (χ4v) is 1.01. The summed E-state index contributed by atoms with van der Waals surface area (Å²) in [5, 5.41) is 9.22. The first-order valence-electron chi connectivity index (χ1n) is 3.55. The lowest BCUT2D eigenvalue weighted by molar-refractivity contribution is 1.09. The first-order chi connectivity index (χ1) is 6.29. The summed E-state index contributed by atoms with van der Waals surface area (Å²) in [6.07, 6.45) is 2.79. The van der Waals surface area contributed by atoms with Gasteiger partial charge in [-0.2, -0.15) is 5.26 Å². The van der Waals surface area contributed by atoms with E-state index in [0.29, 0.717) is 16.6 Å². The van der Waals surface area contributed by atoms with Crippen molar-refractivity contribution in [3.8, 4) is 6.07 Å². The molecular weight excluding hydrogens is 168 g/mol. The van der Waals surface area contributed by atoms with E-state index in [1.54, 1.807) is 6.07 Å². The SMILES string of the molecule is N#Cc1cnc2[nH]c(=O)ncc2c1. The number of pyridine rings is 1. The number of hydrogen-bond acceptors (Lipinski definition) is 4. The van der Waals surface area contributed by atoms with Crippen molar-refractivity contribution in [1.29, 1.82) is 5.26 Å². The Morgan fingerprint density at radius 2 is 2.23 bits per heavy atom. The summed E-state index contributed by atoms with van der Waals surface area (Å²) in [5.41, 5.74) is 0.449. The topological polar surface area (TPSA) is 82.4 Å². The standard InChI is InChI=1S/C8H4N4O/c9-2-5-1-6-4-11-8(13)12-7(6)10-3-5/h1,3-4H,(H,10,11,12,13). The third-order valence-electron chi connectivity index (χ3n) is 1.59. The van der Waals surface area contributed by atoms with Crippen molar-refractivity contribution in [2.45, 2.75) is 0 Å². The highest BCUT2D eigenvalue weighted by atomic mass is 16.1. The average Bonchev–Trinajstić information content (AvgIpc) is 2.17. The van der Waals surface area contributed by atoms with Gasteiger partial charge in [0.15, 0.2) is 0 Å². The Labute approximate surface area is 72.7 Å². The number of nitrogens with one attached hydrogen (secondary N) is 1. The molecule has 0 spiro atoms. The molecule has 62 valence electrons. The van der Waals surface area contributed by atoms with Crippen LogP contribution in [-0.2, 0) is 0 Å². The maximum atomic E-state index is 10.8. The first kappa shape index (κ1) is 7.43. The zero-order valence-corrected chi connectivity index (χ0v) is 6.48. The molecular formula is C8H4N4O. The van der Waals surface area contributed by atoms with Gasteiger partial charge in [0, 0.05) is 17.8 Å². The summed E-state index contributed by atoms with van der Waals surface area (Å²) in [5.74, 6) is 0. The van der Waals surface area contributed by atoms with E-state index in [9.17, 15) is 4.79 Å². The predicted octanol–water partition coefficient (Wildman–Crippen LogP) is 0.190. The van der Waals surface area contributed by atoms with Crippen LogP contribution in [0.25, 0.3) is 11.0 Å². The Kier molecular flexibility index (Phi) is 1.53. The van der Waals surface area contributed by atoms with Crippen molar-refractivity contribution in [3.05, 3.63) is 34.5 Å². The normalized spacial score (nSPS) is 9.77. The summed E-state index contributed by atoms with van der Waals surface area (Å²) in [6.45, 7) is 0. The monoisotopic (exact) mass is 172 g/mol. The van der Waals surface area contributed by atoms with Gasteiger partial charge in [-0.25, -0.2) is 14.8 Å². The highest BCUT2D eigenvalue weighted by Crippen LogP contribution is 2.06. The van der Waals surface area contributed by atoms with Gasteiger partial charge in [-0.1, -0.05) is 0 Å². The summed E-state index contributed by atoms with van der Waals surface area (Å²) in [7, 11) is 0. The van der Waals surface area contributed by atoms with Crippen LogP contribution in [-0.4, -0.2) is 15.0 Å². The van der Waals surface area contributed by atoms with Crippen LogP contribution in [0.4, 0.5) is 0 Å². The highest BCUT2D eigenvalue weighted by molar-refractivity contribution is 5.74. The van der Waals surface area contributed by atoms with E-state index < -0.39 is 5.69 Å². The quantitative estimate of drug-likeness (QED) is 0.614. The molecule has 2 heterocycles. The van der Waals surface area contributed by atoms with E-state index in [2.05, 4.69) is 15.0 Å². The molecule has 0 saturated carbocycles. The molecule has 0 unspecified atom stereocenters. The van der Waals surface area contributed by atoms with E-state index in [0.717, 1.165) is 0 Å². The van der Waals surface area contributed by atoms with Crippen molar-refractivity contribution in [2.75, 3.05) is 0 Å². The number of H-pyrrole nitrogens is 1. The average molecular weight is 172 g/mol. The van der Waals surface area contributed by atoms with Crippen LogP contribution in [0.2, 0.25) is 0 Å². The van der Waals surface area contributed by atoms with Gasteiger partial charge in [-0.15, -0.1) is 0 Å². The Morgan fingerprint density at radius 1 is 1.38 bits per heavy atom. The largest absolute Gasteiger partial charge is 0.346 e. The number of nitriles is 1. The molecule has 1 N–H and O–H groups in total. The molecule has 2 aromatic heterocycles. The molecule has 5 heteroatoms. The van der Waals surface area contributed by atoms with Gasteiger partial charge in [0.2, 0.25) is 0 Å². The van der Waals surface area contributed by atoms with Crippen molar-refractivity contribution in [1.82, 2.24) is 15.0 Å². The van der Waals surface area contributed by atoms with Gasteiger partial charge in [-0.3, -0.25) is 4.98 Å². The molecule has 0 aromatic carbocycles. The molecule has 0 saturated heterocycles. The van der Waals surface area contributed by atoms with Crippen LogP contribution < -0.4 is 5.69 Å². The maximum absolute atomic E-state index is 10.8. The third-order valence-corrected chi connectivity index (χ3v) is 1.59. The second-order valence-corrected chi connectivity index (χ2v) is 2.46. The Balaban J connectivity index is 2.82. The van der Waals surface area contributed by atoms with E-state index >= 15 is 0 Å². The minimum atomic E-state index is -0.440. The molecule has 13 heavy (non-hydrogen) atoms. The number of fused-ring (bicyclic) bond motifs is 1. The smallest absolute Gasteiger partial charge is 0.290 e. The van der Waals surface area contributed by atoms with Gasteiger partial charge in [-0.05, 0) is 6.07 Å². The van der Waals surface area contributed by atoms with Crippen molar-refractivity contribution < 1.29 is 0 Å². The molecule has 0 radical (unpaired) electrons. The molecule has 2 rings (SSSR count). The third kappa shape index (κ3) is 1.25. The number of hydrogen-bond donors (Lipinski definition) is 1. The van der Waals surface area contributed by atoms with Gasteiger partial charge >= 0.3 is 5.69 Å². The number of rotatable bonds is 0. The van der Waals surface area contributed by atoms with Gasteiger partial charge in [0.05, 0.1) is 5.56 Å². The Morgan fingerprint density at radius 3 is 3.00 bits per heavy atom. The van der Waals surface area contributed by atoms with Crippen molar-refractivity contribution >= 4 is 11.0 Å². The molecule has 2 aromatic rings. The molecule has 0 fully saturated rings. The fourth-order valence-electron chi connectivity index (χ4n) is 1.01. The zero-order valence-electron chi connectivity index (χ0n) is 6.48. The summed E-state index contributed by atoms with van der Waals surface area (Å²) >= 11 is 0. The minimum Gasteiger partial charge on any atom is -0.290 e. The molecule has 0 amide bonds. The van der Waals surface area contributed by atoms with E-state index in [4.69, 9.17) is 5.26 Å². The lowest BCUT2D eigenvalue weighted by atomic mass is 10.2. The lowest BCUT2D eigenvalue weighted by Gasteiger charge is -1.94. The fraction of sp³-hybridized carbons (Fsp3) is 0. The first-order valence-corrected chi connectivity index (χ1v) is 3.55. The Hall–Kier alpha value is -2.22. The van der Waals surface area contributed by atoms with Gasteiger partial charge in [0.25, 0.3) is 0 Å². The van der Waals surface area contributed by atoms with Crippen LogP contribution in [0, 0.1) is 11.3 Å². The number of nitrogens with zero attached hydrogens (tertiary/aromatic N) is 3. The Bertz CT molecular complexity index is 552. The van der Waals surface area contributed by atoms with Gasteiger partial charge < -0.3 is 0 Å². The second-order valence-electron chi connectivity index (χ2n) is 2.46. The van der Waals surface area contributed by atoms with Crippen LogP contribution in [0.1, 0.15) is 5.56 Å². The van der Waals surface area contributed by atoms with Crippen LogP contribution in [0.5, 0.6) is 0 Å². The van der Waals surface area contributed by atoms with Crippen LogP contribution >= 0.6 is 0 Å². The van der Waals surface area contributed by atoms with E-state index in [1.165, 1.54) is 12.4 Å².